The molecule has 0 unspecified atom stereocenters. The van der Waals surface area contributed by atoms with Gasteiger partial charge in [-0.15, -0.1) is 0 Å². The van der Waals surface area contributed by atoms with E-state index in [9.17, 15) is 21.6 Å². The van der Waals surface area contributed by atoms with Gasteiger partial charge >= 0.3 is 6.09 Å². The number of nitrogens with one attached hydrogen (secondary N) is 1. The largest absolute Gasteiger partial charge is 0.450 e. The van der Waals surface area contributed by atoms with Gasteiger partial charge in [0.1, 0.15) is 0 Å². The molecule has 0 aromatic carbocycles. The van der Waals surface area contributed by atoms with Gasteiger partial charge in [0, 0.05) is 46.8 Å². The molecule has 0 bridgehead atoms. The number of carbonyl (C=O) groups is 1. The summed E-state index contributed by atoms with van der Waals surface area (Å²) in [6.45, 7) is 2.60. The SMILES string of the molecule is CCOC(=O)N1CCN(S(=O)(=O)CCNS(=O)(=O)N(C)C)CC1. The van der Waals surface area contributed by atoms with Gasteiger partial charge in [-0.2, -0.15) is 17.0 Å². The van der Waals surface area contributed by atoms with E-state index in [0.29, 0.717) is 0 Å². The fourth-order valence-electron chi connectivity index (χ4n) is 1.92. The lowest BCUT2D eigenvalue weighted by Gasteiger charge is -2.33. The van der Waals surface area contributed by atoms with Crippen molar-refractivity contribution >= 4 is 26.3 Å². The molecule has 136 valence electrons. The maximum absolute atomic E-state index is 12.2. The lowest BCUT2D eigenvalue weighted by molar-refractivity contribution is 0.0934. The molecule has 0 radical (unpaired) electrons. The van der Waals surface area contributed by atoms with Crippen LogP contribution in [-0.4, -0.2) is 95.6 Å². The number of carbonyl (C=O) groups excluding carboxylic acids is 1. The lowest BCUT2D eigenvalue weighted by Crippen LogP contribution is -2.52. The molecular weight excluding hydrogens is 348 g/mol. The van der Waals surface area contributed by atoms with Crippen molar-refractivity contribution in [3.05, 3.63) is 0 Å². The van der Waals surface area contributed by atoms with Crippen molar-refractivity contribution in [1.29, 1.82) is 0 Å². The number of ether oxygens (including phenoxy) is 1. The molecule has 12 heteroatoms. The molecule has 1 N–H and O–H groups in total. The normalized spacial score (nSPS) is 17.5. The second-order valence-electron chi connectivity index (χ2n) is 5.08. The topological polar surface area (TPSA) is 116 Å². The van der Waals surface area contributed by atoms with Crippen LogP contribution in [0.3, 0.4) is 0 Å². The Morgan fingerprint density at radius 1 is 1.13 bits per heavy atom. The van der Waals surface area contributed by atoms with E-state index in [1.807, 2.05) is 0 Å². The van der Waals surface area contributed by atoms with Crippen LogP contribution < -0.4 is 4.72 Å². The zero-order chi connectivity index (χ0) is 17.7. The summed E-state index contributed by atoms with van der Waals surface area (Å²) in [6.07, 6.45) is -0.455. The minimum atomic E-state index is -3.65. The summed E-state index contributed by atoms with van der Waals surface area (Å²) in [5.74, 6) is -0.334. The van der Waals surface area contributed by atoms with E-state index < -0.39 is 26.3 Å². The van der Waals surface area contributed by atoms with E-state index in [2.05, 4.69) is 4.72 Å². The summed E-state index contributed by atoms with van der Waals surface area (Å²) in [7, 11) is -4.53. The molecule has 23 heavy (non-hydrogen) atoms. The first-order valence-corrected chi connectivity index (χ1v) is 10.2. The number of amides is 1. The van der Waals surface area contributed by atoms with Gasteiger partial charge in [0.05, 0.1) is 12.4 Å². The first-order valence-electron chi connectivity index (χ1n) is 7.17. The van der Waals surface area contributed by atoms with Crippen LogP contribution in [0.15, 0.2) is 0 Å². The minimum absolute atomic E-state index is 0.168. The van der Waals surface area contributed by atoms with Crippen LogP contribution in [0.25, 0.3) is 0 Å². The third-order valence-electron chi connectivity index (χ3n) is 3.28. The Hall–Kier alpha value is -0.950. The van der Waals surface area contributed by atoms with Gasteiger partial charge in [0.15, 0.2) is 0 Å². The van der Waals surface area contributed by atoms with Gasteiger partial charge in [-0.1, -0.05) is 0 Å². The number of rotatable bonds is 7. The number of nitrogens with zero attached hydrogens (tertiary/aromatic N) is 3. The van der Waals surface area contributed by atoms with Gasteiger partial charge in [-0.05, 0) is 6.92 Å². The summed E-state index contributed by atoms with van der Waals surface area (Å²) in [5, 5.41) is 0. The lowest BCUT2D eigenvalue weighted by atomic mass is 10.4. The molecule has 1 rings (SSSR count). The quantitative estimate of drug-likeness (QED) is 0.581. The highest BCUT2D eigenvalue weighted by Crippen LogP contribution is 2.09. The summed E-state index contributed by atoms with van der Waals surface area (Å²) < 4.78 is 56.7. The fourth-order valence-corrected chi connectivity index (χ4v) is 4.01. The third-order valence-corrected chi connectivity index (χ3v) is 6.69. The van der Waals surface area contributed by atoms with Gasteiger partial charge in [0.2, 0.25) is 10.0 Å². The molecule has 0 aromatic heterocycles. The van der Waals surface area contributed by atoms with Crippen molar-refractivity contribution in [3.63, 3.8) is 0 Å². The second kappa shape index (κ2) is 8.24. The van der Waals surface area contributed by atoms with Crippen molar-refractivity contribution in [2.75, 3.05) is 59.2 Å². The molecule has 10 nitrogen and oxygen atoms in total. The standard InChI is InChI=1S/C11H24N4O6S2/c1-4-21-11(16)14-6-8-15(9-7-14)22(17,18)10-5-12-23(19,20)13(2)3/h12H,4-10H2,1-3H3. The molecular formula is C11H24N4O6S2. The number of piperazine rings is 1. The molecule has 1 aliphatic rings. The highest BCUT2D eigenvalue weighted by Gasteiger charge is 2.29. The van der Waals surface area contributed by atoms with Crippen LogP contribution in [0.4, 0.5) is 4.79 Å². The van der Waals surface area contributed by atoms with E-state index in [0.717, 1.165) is 4.31 Å². The van der Waals surface area contributed by atoms with Crippen LogP contribution in [0.5, 0.6) is 0 Å². The zero-order valence-corrected chi connectivity index (χ0v) is 15.2. The number of sulfonamides is 1. The Bertz CT molecular complexity index is 596. The minimum Gasteiger partial charge on any atom is -0.450 e. The van der Waals surface area contributed by atoms with E-state index in [1.54, 1.807) is 6.92 Å². The van der Waals surface area contributed by atoms with Crippen LogP contribution in [-0.2, 0) is 25.0 Å². The Kier molecular flexibility index (Phi) is 7.20. The van der Waals surface area contributed by atoms with Gasteiger partial charge in [-0.3, -0.25) is 0 Å². The van der Waals surface area contributed by atoms with E-state index >= 15 is 0 Å². The maximum Gasteiger partial charge on any atom is 0.409 e. The molecule has 0 aliphatic carbocycles. The Balaban J connectivity index is 2.49. The fraction of sp³-hybridized carbons (Fsp3) is 0.909. The second-order valence-corrected chi connectivity index (χ2v) is 9.14. The molecule has 0 saturated carbocycles. The first kappa shape index (κ1) is 20.1. The summed E-state index contributed by atoms with van der Waals surface area (Å²) in [6, 6.07) is 0. The van der Waals surface area contributed by atoms with E-state index in [-0.39, 0.29) is 45.1 Å². The highest BCUT2D eigenvalue weighted by atomic mass is 32.2. The molecule has 0 atom stereocenters. The van der Waals surface area contributed by atoms with Crippen molar-refractivity contribution in [1.82, 2.24) is 18.2 Å². The average molecular weight is 372 g/mol. The molecule has 1 amide bonds. The molecule has 0 aromatic rings. The molecule has 1 saturated heterocycles. The van der Waals surface area contributed by atoms with Crippen LogP contribution in [0, 0.1) is 0 Å². The Labute approximate surface area is 137 Å². The first-order chi connectivity index (χ1) is 10.6. The van der Waals surface area contributed by atoms with Crippen molar-refractivity contribution in [2.45, 2.75) is 6.92 Å². The van der Waals surface area contributed by atoms with E-state index in [4.69, 9.17) is 4.74 Å². The predicted octanol–water partition coefficient (Wildman–Crippen LogP) is -1.51. The van der Waals surface area contributed by atoms with Crippen LogP contribution >= 0.6 is 0 Å². The number of hydrogen-bond donors (Lipinski definition) is 1. The summed E-state index contributed by atoms with van der Waals surface area (Å²) in [5.41, 5.74) is 0. The number of hydrogen-bond acceptors (Lipinski definition) is 6. The predicted molar refractivity (Wildman–Crippen MR) is 84.6 cm³/mol. The van der Waals surface area contributed by atoms with Crippen LogP contribution in [0.2, 0.25) is 0 Å². The van der Waals surface area contributed by atoms with Gasteiger partial charge in [0.25, 0.3) is 10.2 Å². The summed E-state index contributed by atoms with van der Waals surface area (Å²) in [4.78, 5) is 13.0. The highest BCUT2D eigenvalue weighted by molar-refractivity contribution is 7.89. The zero-order valence-electron chi connectivity index (χ0n) is 13.6. The monoisotopic (exact) mass is 372 g/mol. The van der Waals surface area contributed by atoms with E-state index in [1.165, 1.54) is 23.3 Å². The van der Waals surface area contributed by atoms with Crippen molar-refractivity contribution < 1.29 is 26.4 Å². The maximum atomic E-state index is 12.2. The smallest absolute Gasteiger partial charge is 0.409 e. The average Bonchev–Trinajstić information content (AvgIpc) is 2.47. The van der Waals surface area contributed by atoms with Crippen molar-refractivity contribution in [2.24, 2.45) is 0 Å². The van der Waals surface area contributed by atoms with Crippen LogP contribution in [0.1, 0.15) is 6.92 Å². The summed E-state index contributed by atoms with van der Waals surface area (Å²) >= 11 is 0. The Morgan fingerprint density at radius 3 is 2.17 bits per heavy atom. The molecule has 1 heterocycles. The Morgan fingerprint density at radius 2 is 1.70 bits per heavy atom. The van der Waals surface area contributed by atoms with Gasteiger partial charge in [-0.25, -0.2) is 17.9 Å². The van der Waals surface area contributed by atoms with Gasteiger partial charge < -0.3 is 9.64 Å². The molecule has 0 spiro atoms. The molecule has 1 fully saturated rings. The van der Waals surface area contributed by atoms with Crippen molar-refractivity contribution in [3.8, 4) is 0 Å². The molecule has 1 aliphatic heterocycles. The third kappa shape index (κ3) is 5.88.